The molecule has 0 saturated heterocycles. The molecule has 0 saturated carbocycles. The normalized spacial score (nSPS) is 10.4. The van der Waals surface area contributed by atoms with Crippen molar-refractivity contribution in [1.29, 1.82) is 0 Å². The first-order valence-electron chi connectivity index (χ1n) is 5.98. The number of hydrogen-bond donors (Lipinski definition) is 1. The molecule has 2 rings (SSSR count). The van der Waals surface area contributed by atoms with E-state index in [-0.39, 0.29) is 16.7 Å². The fraction of sp³-hybridized carbons (Fsp3) is 0.214. The zero-order chi connectivity index (χ0) is 14.9. The first kappa shape index (κ1) is 14.3. The topological polar surface area (TPSA) is 61.0 Å². The second-order valence-corrected chi connectivity index (χ2v) is 4.91. The van der Waals surface area contributed by atoms with Crippen molar-refractivity contribution in [3.05, 3.63) is 46.4 Å². The Morgan fingerprint density at radius 2 is 1.95 bits per heavy atom. The van der Waals surface area contributed by atoms with Gasteiger partial charge in [-0.2, -0.15) is 5.10 Å². The molecule has 1 aromatic carbocycles. The molecule has 0 fully saturated rings. The third-order valence-corrected chi connectivity index (χ3v) is 3.23. The van der Waals surface area contributed by atoms with E-state index in [1.165, 1.54) is 12.1 Å². The van der Waals surface area contributed by atoms with E-state index in [0.29, 0.717) is 11.3 Å². The minimum absolute atomic E-state index is 0.171. The molecule has 104 valence electrons. The quantitative estimate of drug-likeness (QED) is 0.881. The summed E-state index contributed by atoms with van der Waals surface area (Å²) in [5.41, 5.74) is 8.54. The number of rotatable bonds is 3. The Hall–Kier alpha value is -2.08. The molecule has 2 aromatic rings. The smallest absolute Gasteiger partial charge is 0.249 e. The Balaban J connectivity index is 2.51. The van der Waals surface area contributed by atoms with E-state index in [9.17, 15) is 4.39 Å². The molecule has 0 radical (unpaired) electrons. The van der Waals surface area contributed by atoms with Crippen LogP contribution in [0.15, 0.2) is 18.2 Å². The van der Waals surface area contributed by atoms with Gasteiger partial charge < -0.3 is 10.5 Å². The lowest BCUT2D eigenvalue weighted by atomic mass is 10.1. The molecule has 1 heterocycles. The number of nitrogens with two attached hydrogens (primary N) is 1. The van der Waals surface area contributed by atoms with E-state index in [1.807, 2.05) is 13.8 Å². The fourth-order valence-corrected chi connectivity index (χ4v) is 1.98. The lowest BCUT2D eigenvalue weighted by molar-refractivity contribution is 0.445. The highest BCUT2D eigenvalue weighted by Gasteiger charge is 2.16. The molecule has 1 aromatic heterocycles. The number of thiocarbonyl (C=S) groups is 1. The van der Waals surface area contributed by atoms with Gasteiger partial charge in [0.2, 0.25) is 5.88 Å². The van der Waals surface area contributed by atoms with Gasteiger partial charge in [0.25, 0.3) is 0 Å². The van der Waals surface area contributed by atoms with Crippen LogP contribution in [-0.4, -0.2) is 15.2 Å². The zero-order valence-electron chi connectivity index (χ0n) is 11.4. The third-order valence-electron chi connectivity index (χ3n) is 3.03. The minimum atomic E-state index is -0.390. The molecule has 2 N–H and O–H groups in total. The molecule has 0 aliphatic carbocycles. The molecule has 0 spiro atoms. The van der Waals surface area contributed by atoms with Crippen LogP contribution in [0.2, 0.25) is 0 Å². The molecule has 0 aliphatic heterocycles. The van der Waals surface area contributed by atoms with Gasteiger partial charge in [-0.1, -0.05) is 18.3 Å². The van der Waals surface area contributed by atoms with Gasteiger partial charge >= 0.3 is 0 Å². The van der Waals surface area contributed by atoms with Crippen molar-refractivity contribution in [2.45, 2.75) is 20.8 Å². The fourth-order valence-electron chi connectivity index (χ4n) is 1.74. The molecule has 0 unspecified atom stereocenters. The third kappa shape index (κ3) is 2.75. The molecule has 6 heteroatoms. The number of nitrogens with zero attached hydrogens (tertiary/aromatic N) is 2. The van der Waals surface area contributed by atoms with Crippen LogP contribution in [-0.2, 0) is 0 Å². The lowest BCUT2D eigenvalue weighted by Gasteiger charge is -2.13. The van der Waals surface area contributed by atoms with Crippen molar-refractivity contribution in [3.8, 4) is 11.6 Å². The van der Waals surface area contributed by atoms with Crippen molar-refractivity contribution in [3.63, 3.8) is 0 Å². The predicted molar refractivity (Wildman–Crippen MR) is 78.6 cm³/mol. The van der Waals surface area contributed by atoms with Crippen molar-refractivity contribution in [2.24, 2.45) is 5.73 Å². The summed E-state index contributed by atoms with van der Waals surface area (Å²) in [6, 6.07) is 4.28. The van der Waals surface area contributed by atoms with Crippen LogP contribution in [0, 0.1) is 26.6 Å². The Morgan fingerprint density at radius 3 is 2.60 bits per heavy atom. The predicted octanol–water partition coefficient (Wildman–Crippen LogP) is 2.97. The summed E-state index contributed by atoms with van der Waals surface area (Å²) < 4.78 is 18.9. The molecule has 0 aliphatic rings. The van der Waals surface area contributed by atoms with E-state index in [2.05, 4.69) is 10.2 Å². The highest BCUT2D eigenvalue weighted by atomic mass is 32.1. The molecule has 4 nitrogen and oxygen atoms in total. The molecular formula is C14H14FN3OS. The summed E-state index contributed by atoms with van der Waals surface area (Å²) in [5, 5.41) is 7.95. The maximum atomic E-state index is 13.3. The maximum absolute atomic E-state index is 13.3. The molecule has 20 heavy (non-hydrogen) atoms. The summed E-state index contributed by atoms with van der Waals surface area (Å²) >= 11 is 5.03. The van der Waals surface area contributed by atoms with E-state index in [1.54, 1.807) is 13.0 Å². The number of halogens is 1. The maximum Gasteiger partial charge on any atom is 0.249 e. The second kappa shape index (κ2) is 5.50. The van der Waals surface area contributed by atoms with Crippen LogP contribution >= 0.6 is 12.2 Å². The van der Waals surface area contributed by atoms with Gasteiger partial charge in [-0.25, -0.2) is 4.39 Å². The SMILES string of the molecule is Cc1ccc(F)cc1Oc1nnc(C)c(C)c1C(N)=S. The molecule has 0 atom stereocenters. The van der Waals surface area contributed by atoms with Crippen molar-refractivity contribution in [2.75, 3.05) is 0 Å². The van der Waals surface area contributed by atoms with Crippen molar-refractivity contribution < 1.29 is 9.13 Å². The largest absolute Gasteiger partial charge is 0.437 e. The summed E-state index contributed by atoms with van der Waals surface area (Å²) in [5.74, 6) is 0.161. The van der Waals surface area contributed by atoms with Crippen molar-refractivity contribution >= 4 is 17.2 Å². The lowest BCUT2D eigenvalue weighted by Crippen LogP contribution is -2.15. The van der Waals surface area contributed by atoms with Crippen molar-refractivity contribution in [1.82, 2.24) is 10.2 Å². The van der Waals surface area contributed by atoms with E-state index in [4.69, 9.17) is 22.7 Å². The van der Waals surface area contributed by atoms with Crippen LogP contribution in [0.25, 0.3) is 0 Å². The van der Waals surface area contributed by atoms with E-state index >= 15 is 0 Å². The van der Waals surface area contributed by atoms with Crippen LogP contribution in [0.3, 0.4) is 0 Å². The summed E-state index contributed by atoms with van der Waals surface area (Å²) in [4.78, 5) is 0.171. The average Bonchev–Trinajstić information content (AvgIpc) is 2.38. The summed E-state index contributed by atoms with van der Waals surface area (Å²) in [6.07, 6.45) is 0. The Morgan fingerprint density at radius 1 is 1.25 bits per heavy atom. The number of hydrogen-bond acceptors (Lipinski definition) is 4. The van der Waals surface area contributed by atoms with Gasteiger partial charge in [0.05, 0.1) is 11.3 Å². The molecule has 0 bridgehead atoms. The zero-order valence-corrected chi connectivity index (χ0v) is 12.2. The summed E-state index contributed by atoms with van der Waals surface area (Å²) in [6.45, 7) is 5.45. The van der Waals surface area contributed by atoms with Gasteiger partial charge in [0.15, 0.2) is 0 Å². The highest BCUT2D eigenvalue weighted by Crippen LogP contribution is 2.28. The second-order valence-electron chi connectivity index (χ2n) is 4.47. The first-order chi connectivity index (χ1) is 9.40. The van der Waals surface area contributed by atoms with Gasteiger partial charge in [0.1, 0.15) is 16.6 Å². The highest BCUT2D eigenvalue weighted by molar-refractivity contribution is 7.80. The van der Waals surface area contributed by atoms with Crippen LogP contribution in [0.1, 0.15) is 22.4 Å². The van der Waals surface area contributed by atoms with E-state index < -0.39 is 0 Å². The van der Waals surface area contributed by atoms with E-state index in [0.717, 1.165) is 16.8 Å². The number of aromatic nitrogens is 2. The van der Waals surface area contributed by atoms with Gasteiger partial charge in [-0.05, 0) is 38.0 Å². The Bertz CT molecular complexity index is 688. The van der Waals surface area contributed by atoms with Crippen LogP contribution in [0.4, 0.5) is 4.39 Å². The minimum Gasteiger partial charge on any atom is -0.437 e. The first-order valence-corrected chi connectivity index (χ1v) is 6.38. The van der Waals surface area contributed by atoms with Gasteiger partial charge in [-0.3, -0.25) is 0 Å². The molecular weight excluding hydrogens is 277 g/mol. The Labute approximate surface area is 121 Å². The van der Waals surface area contributed by atoms with Gasteiger partial charge in [-0.15, -0.1) is 5.10 Å². The van der Waals surface area contributed by atoms with Crippen LogP contribution < -0.4 is 10.5 Å². The number of ether oxygens (including phenoxy) is 1. The van der Waals surface area contributed by atoms with Crippen LogP contribution in [0.5, 0.6) is 11.6 Å². The Kier molecular flexibility index (Phi) is 3.94. The monoisotopic (exact) mass is 291 g/mol. The summed E-state index contributed by atoms with van der Waals surface area (Å²) in [7, 11) is 0. The number of benzene rings is 1. The number of aryl methyl sites for hydroxylation is 2. The molecule has 0 amide bonds. The average molecular weight is 291 g/mol. The standard InChI is InChI=1S/C14H14FN3OS/c1-7-4-5-10(15)6-11(7)19-14-12(13(16)20)8(2)9(3)17-18-14/h4-6H,1-3H3,(H2,16,20). The van der Waals surface area contributed by atoms with Gasteiger partial charge in [0, 0.05) is 6.07 Å².